The zero-order chi connectivity index (χ0) is 14.7. The first kappa shape index (κ1) is 14.5. The van der Waals surface area contributed by atoms with Gasteiger partial charge in [-0.3, -0.25) is 14.9 Å². The quantitative estimate of drug-likeness (QED) is 0.454. The summed E-state index contributed by atoms with van der Waals surface area (Å²) in [5.74, 6) is 0.0171. The highest BCUT2D eigenvalue weighted by Crippen LogP contribution is 2.35. The van der Waals surface area contributed by atoms with Gasteiger partial charge in [-0.05, 0) is 19.8 Å². The van der Waals surface area contributed by atoms with Crippen molar-refractivity contribution in [2.24, 2.45) is 0 Å². The van der Waals surface area contributed by atoms with Gasteiger partial charge in [-0.2, -0.15) is 0 Å². The van der Waals surface area contributed by atoms with E-state index in [1.165, 1.54) is 6.07 Å². The van der Waals surface area contributed by atoms with Gasteiger partial charge in [-0.15, -0.1) is 0 Å². The van der Waals surface area contributed by atoms with Crippen molar-refractivity contribution < 1.29 is 14.5 Å². The molecule has 0 atom stereocenters. The minimum atomic E-state index is -0.560. The van der Waals surface area contributed by atoms with E-state index in [2.05, 4.69) is 4.98 Å². The maximum atomic E-state index is 11.6. The number of ether oxygens (including phenoxy) is 1. The van der Waals surface area contributed by atoms with Gasteiger partial charge in [0.25, 0.3) is 5.69 Å². The number of esters is 1. The molecule has 2 rings (SSSR count). The third kappa shape index (κ3) is 3.36. The molecule has 0 aromatic carbocycles. The van der Waals surface area contributed by atoms with Crippen LogP contribution in [0.1, 0.15) is 19.8 Å². The fraction of sp³-hybridized carbons (Fsp3) is 0.500. The Morgan fingerprint density at radius 3 is 2.85 bits per heavy atom. The summed E-state index contributed by atoms with van der Waals surface area (Å²) in [6, 6.07) is 1.43. The average molecular weight is 300 g/mol. The zero-order valence-corrected chi connectivity index (χ0v) is 11.7. The molecule has 0 N–H and O–H groups in total. The van der Waals surface area contributed by atoms with Crippen LogP contribution in [0.2, 0.25) is 5.02 Å². The molecule has 1 aliphatic carbocycles. The Hall–Kier alpha value is -1.89. The Bertz CT molecular complexity index is 533. The van der Waals surface area contributed by atoms with Crippen molar-refractivity contribution in [3.8, 4) is 0 Å². The molecule has 1 aliphatic rings. The fourth-order valence-electron chi connectivity index (χ4n) is 1.84. The highest BCUT2D eigenvalue weighted by Gasteiger charge is 2.33. The molecule has 0 aliphatic heterocycles. The van der Waals surface area contributed by atoms with Crippen molar-refractivity contribution in [2.75, 3.05) is 18.1 Å². The van der Waals surface area contributed by atoms with E-state index < -0.39 is 4.92 Å². The van der Waals surface area contributed by atoms with Crippen molar-refractivity contribution in [3.63, 3.8) is 0 Å². The van der Waals surface area contributed by atoms with Gasteiger partial charge in [-0.25, -0.2) is 4.98 Å². The number of carbonyl (C=O) groups is 1. The van der Waals surface area contributed by atoms with Crippen LogP contribution < -0.4 is 4.90 Å². The molecule has 0 unspecified atom stereocenters. The number of nitro groups is 1. The summed E-state index contributed by atoms with van der Waals surface area (Å²) < 4.78 is 4.91. The molecule has 1 saturated carbocycles. The number of carbonyl (C=O) groups excluding carboxylic acids is 1. The number of aromatic nitrogens is 1. The molecule has 0 radical (unpaired) electrons. The van der Waals surface area contributed by atoms with Gasteiger partial charge < -0.3 is 9.64 Å². The molecule has 1 aromatic rings. The number of hydrogen-bond donors (Lipinski definition) is 0. The summed E-state index contributed by atoms with van der Waals surface area (Å²) in [5.41, 5.74) is -0.175. The standard InChI is InChI=1S/C12H14ClN3O4/c1-2-20-11(17)7-15(8-3-4-8)12-10(13)5-9(6-14-12)16(18)19/h5-6,8H,2-4,7H2,1H3. The average Bonchev–Trinajstić information content (AvgIpc) is 3.20. The lowest BCUT2D eigenvalue weighted by Gasteiger charge is -2.23. The van der Waals surface area contributed by atoms with Crippen molar-refractivity contribution >= 4 is 29.1 Å². The maximum absolute atomic E-state index is 11.6. The molecule has 0 spiro atoms. The molecule has 0 saturated heterocycles. The van der Waals surface area contributed by atoms with E-state index in [4.69, 9.17) is 16.3 Å². The predicted octanol–water partition coefficient (Wildman–Crippen LogP) is 2.18. The Morgan fingerprint density at radius 1 is 1.65 bits per heavy atom. The summed E-state index contributed by atoms with van der Waals surface area (Å²) in [4.78, 5) is 27.5. The number of anilines is 1. The topological polar surface area (TPSA) is 85.6 Å². The second kappa shape index (κ2) is 6.04. The molecule has 1 fully saturated rings. The molecular weight excluding hydrogens is 286 g/mol. The molecular formula is C12H14ClN3O4. The van der Waals surface area contributed by atoms with E-state index >= 15 is 0 Å². The first-order valence-electron chi connectivity index (χ1n) is 6.25. The van der Waals surface area contributed by atoms with Crippen LogP contribution >= 0.6 is 11.6 Å². The van der Waals surface area contributed by atoms with Crippen LogP contribution in [0, 0.1) is 10.1 Å². The number of halogens is 1. The second-order valence-electron chi connectivity index (χ2n) is 4.42. The van der Waals surface area contributed by atoms with Crippen molar-refractivity contribution in [2.45, 2.75) is 25.8 Å². The Balaban J connectivity index is 2.21. The number of hydrogen-bond acceptors (Lipinski definition) is 6. The first-order valence-corrected chi connectivity index (χ1v) is 6.63. The predicted molar refractivity (Wildman–Crippen MR) is 72.9 cm³/mol. The first-order chi connectivity index (χ1) is 9.52. The van der Waals surface area contributed by atoms with E-state index in [0.717, 1.165) is 19.0 Å². The lowest BCUT2D eigenvalue weighted by atomic mass is 10.3. The van der Waals surface area contributed by atoms with Crippen molar-refractivity contribution in [1.29, 1.82) is 0 Å². The van der Waals surface area contributed by atoms with Crippen LogP contribution in [0.15, 0.2) is 12.3 Å². The minimum Gasteiger partial charge on any atom is -0.465 e. The number of rotatable bonds is 6. The van der Waals surface area contributed by atoms with Crippen LogP contribution in [-0.4, -0.2) is 35.1 Å². The third-order valence-corrected chi connectivity index (χ3v) is 3.16. The molecule has 0 amide bonds. The summed E-state index contributed by atoms with van der Waals surface area (Å²) in [6.07, 6.45) is 3.02. The number of pyridine rings is 1. The van der Waals surface area contributed by atoms with E-state index in [0.29, 0.717) is 12.4 Å². The summed E-state index contributed by atoms with van der Waals surface area (Å²) in [5, 5.41) is 10.8. The van der Waals surface area contributed by atoms with Gasteiger partial charge in [0.15, 0.2) is 0 Å². The summed E-state index contributed by atoms with van der Waals surface area (Å²) in [6.45, 7) is 2.08. The van der Waals surface area contributed by atoms with E-state index in [1.54, 1.807) is 11.8 Å². The molecule has 1 heterocycles. The lowest BCUT2D eigenvalue weighted by Crippen LogP contribution is -2.33. The SMILES string of the molecule is CCOC(=O)CN(c1ncc([N+](=O)[O-])cc1Cl)C1CC1. The molecule has 108 valence electrons. The third-order valence-electron chi connectivity index (χ3n) is 2.88. The van der Waals surface area contributed by atoms with Crippen LogP contribution in [0.5, 0.6) is 0 Å². The van der Waals surface area contributed by atoms with E-state index in [1.807, 2.05) is 0 Å². The molecule has 20 heavy (non-hydrogen) atoms. The monoisotopic (exact) mass is 299 g/mol. The molecule has 0 bridgehead atoms. The Morgan fingerprint density at radius 2 is 2.35 bits per heavy atom. The van der Waals surface area contributed by atoms with Crippen molar-refractivity contribution in [3.05, 3.63) is 27.4 Å². The van der Waals surface area contributed by atoms with Gasteiger partial charge in [0.1, 0.15) is 18.6 Å². The van der Waals surface area contributed by atoms with Gasteiger partial charge in [0, 0.05) is 12.1 Å². The minimum absolute atomic E-state index is 0.0447. The van der Waals surface area contributed by atoms with Gasteiger partial charge in [0.2, 0.25) is 0 Å². The molecule has 8 heteroatoms. The van der Waals surface area contributed by atoms with Crippen LogP contribution in [0.3, 0.4) is 0 Å². The lowest BCUT2D eigenvalue weighted by molar-refractivity contribution is -0.385. The maximum Gasteiger partial charge on any atom is 0.325 e. The fourth-order valence-corrected chi connectivity index (χ4v) is 2.11. The highest BCUT2D eigenvalue weighted by atomic mass is 35.5. The van der Waals surface area contributed by atoms with E-state index in [-0.39, 0.29) is 29.3 Å². The zero-order valence-electron chi connectivity index (χ0n) is 10.9. The largest absolute Gasteiger partial charge is 0.465 e. The van der Waals surface area contributed by atoms with Crippen molar-refractivity contribution in [1.82, 2.24) is 4.98 Å². The normalized spacial score (nSPS) is 13.9. The van der Waals surface area contributed by atoms with Crippen LogP contribution in [0.4, 0.5) is 11.5 Å². The summed E-state index contributed by atoms with van der Waals surface area (Å²) in [7, 11) is 0. The van der Waals surface area contributed by atoms with Gasteiger partial charge >= 0.3 is 5.97 Å². The van der Waals surface area contributed by atoms with Gasteiger partial charge in [0.05, 0.1) is 16.6 Å². The smallest absolute Gasteiger partial charge is 0.325 e. The Labute approximate surface area is 120 Å². The van der Waals surface area contributed by atoms with Gasteiger partial charge in [-0.1, -0.05) is 11.6 Å². The van der Waals surface area contributed by atoms with Crippen LogP contribution in [0.25, 0.3) is 0 Å². The number of nitrogens with zero attached hydrogens (tertiary/aromatic N) is 3. The van der Waals surface area contributed by atoms with E-state index in [9.17, 15) is 14.9 Å². The Kier molecular flexibility index (Phi) is 4.39. The highest BCUT2D eigenvalue weighted by molar-refractivity contribution is 6.33. The molecule has 1 aromatic heterocycles. The van der Waals surface area contributed by atoms with Crippen LogP contribution in [-0.2, 0) is 9.53 Å². The second-order valence-corrected chi connectivity index (χ2v) is 4.83. The molecule has 7 nitrogen and oxygen atoms in total. The summed E-state index contributed by atoms with van der Waals surface area (Å²) >= 11 is 6.04.